The summed E-state index contributed by atoms with van der Waals surface area (Å²) in [5.74, 6) is 0. The van der Waals surface area contributed by atoms with Crippen LogP contribution >= 0.6 is 11.6 Å². The van der Waals surface area contributed by atoms with Crippen LogP contribution in [0.15, 0.2) is 29.4 Å². The van der Waals surface area contributed by atoms with Crippen molar-refractivity contribution >= 4 is 27.3 Å². The fraction of sp³-hybridized carbons (Fsp3) is 0.300. The molecule has 2 rings (SSSR count). The predicted molar refractivity (Wildman–Crippen MR) is 67.5 cm³/mol. The third-order valence-electron chi connectivity index (χ3n) is 2.55. The second-order valence-electron chi connectivity index (χ2n) is 4.05. The Balaban J connectivity index is 2.33. The monoisotopic (exact) mass is 343 g/mol. The van der Waals surface area contributed by atoms with E-state index < -0.39 is 33.9 Å². The molecule has 0 aromatic carbocycles. The summed E-state index contributed by atoms with van der Waals surface area (Å²) in [7, 11) is -4.37. The van der Waals surface area contributed by atoms with Gasteiger partial charge in [0.05, 0.1) is 0 Å². The zero-order chi connectivity index (χ0) is 15.8. The maximum Gasteiger partial charge on any atom is 0.415 e. The van der Waals surface area contributed by atoms with Gasteiger partial charge in [0.1, 0.15) is 5.65 Å². The molecule has 0 spiro atoms. The second-order valence-corrected chi connectivity index (χ2v) is 6.09. The van der Waals surface area contributed by atoms with Crippen LogP contribution in [-0.4, -0.2) is 41.7 Å². The van der Waals surface area contributed by atoms with Crippen LogP contribution < -0.4 is 4.72 Å². The third-order valence-corrected chi connectivity index (χ3v) is 4.37. The Kier molecular flexibility index (Phi) is 4.15. The van der Waals surface area contributed by atoms with Gasteiger partial charge in [0.25, 0.3) is 10.0 Å². The van der Waals surface area contributed by atoms with Crippen LogP contribution in [0, 0.1) is 0 Å². The van der Waals surface area contributed by atoms with Gasteiger partial charge in [-0.2, -0.15) is 13.2 Å². The number of hydrogen-bond donors (Lipinski definition) is 2. The van der Waals surface area contributed by atoms with Gasteiger partial charge in [0.15, 0.2) is 16.3 Å². The second kappa shape index (κ2) is 5.44. The van der Waals surface area contributed by atoms with E-state index in [2.05, 4.69) is 4.98 Å². The number of nitrogens with one attached hydrogen (secondary N) is 1. The number of imidazole rings is 1. The van der Waals surface area contributed by atoms with E-state index in [4.69, 9.17) is 16.7 Å². The van der Waals surface area contributed by atoms with Gasteiger partial charge in [-0.05, 0) is 12.1 Å². The number of rotatable bonds is 4. The minimum Gasteiger partial charge on any atom is -0.382 e. The standard InChI is InChI=1S/C10H9ClF3N3O3S/c11-8-9(17-4-2-1-3-7(17)16-8)21(19,20)15-5-6(18)10(12,13)14/h1-4,6,15,18H,5H2. The van der Waals surface area contributed by atoms with Crippen LogP contribution in [0.2, 0.25) is 5.15 Å². The summed E-state index contributed by atoms with van der Waals surface area (Å²) in [5, 5.41) is 7.95. The van der Waals surface area contributed by atoms with Crippen LogP contribution in [0.4, 0.5) is 13.2 Å². The summed E-state index contributed by atoms with van der Waals surface area (Å²) in [4.78, 5) is 3.78. The highest BCUT2D eigenvalue weighted by Crippen LogP contribution is 2.23. The number of pyridine rings is 1. The molecule has 11 heteroatoms. The number of sulfonamides is 1. The van der Waals surface area contributed by atoms with E-state index in [9.17, 15) is 21.6 Å². The van der Waals surface area contributed by atoms with Crippen LogP contribution in [-0.2, 0) is 10.0 Å². The number of nitrogens with zero attached hydrogens (tertiary/aromatic N) is 2. The molecule has 0 aliphatic heterocycles. The van der Waals surface area contributed by atoms with Crippen molar-refractivity contribution in [3.05, 3.63) is 29.5 Å². The Morgan fingerprint density at radius 3 is 2.71 bits per heavy atom. The number of halogens is 4. The highest BCUT2D eigenvalue weighted by molar-refractivity contribution is 7.89. The molecule has 1 atom stereocenters. The molecule has 0 amide bonds. The number of fused-ring (bicyclic) bond motifs is 1. The first-order valence-corrected chi connectivity index (χ1v) is 7.36. The zero-order valence-electron chi connectivity index (χ0n) is 10.2. The first-order chi connectivity index (χ1) is 9.63. The first kappa shape index (κ1) is 16.0. The largest absolute Gasteiger partial charge is 0.415 e. The molecule has 0 saturated heterocycles. The lowest BCUT2D eigenvalue weighted by Crippen LogP contribution is -2.40. The molecular weight excluding hydrogens is 335 g/mol. The van der Waals surface area contributed by atoms with E-state index >= 15 is 0 Å². The predicted octanol–water partition coefficient (Wildman–Crippen LogP) is 1.19. The molecule has 0 bridgehead atoms. The minimum absolute atomic E-state index is 0.222. The zero-order valence-corrected chi connectivity index (χ0v) is 11.7. The number of hydrogen-bond acceptors (Lipinski definition) is 4. The topological polar surface area (TPSA) is 83.7 Å². The maximum absolute atomic E-state index is 12.2. The minimum atomic E-state index is -4.92. The molecule has 0 fully saturated rings. The van der Waals surface area contributed by atoms with Crippen LogP contribution in [0.3, 0.4) is 0 Å². The number of aromatic nitrogens is 2. The summed E-state index contributed by atoms with van der Waals surface area (Å²) < 4.78 is 63.3. The summed E-state index contributed by atoms with van der Waals surface area (Å²) >= 11 is 5.72. The van der Waals surface area contributed by atoms with Crippen molar-refractivity contribution in [2.24, 2.45) is 0 Å². The van der Waals surface area contributed by atoms with Crippen molar-refractivity contribution < 1.29 is 26.7 Å². The van der Waals surface area contributed by atoms with Gasteiger partial charge in [-0.3, -0.25) is 4.40 Å². The number of aliphatic hydroxyl groups excluding tert-OH is 1. The molecule has 2 N–H and O–H groups in total. The molecule has 2 heterocycles. The maximum atomic E-state index is 12.2. The molecule has 6 nitrogen and oxygen atoms in total. The quantitative estimate of drug-likeness (QED) is 0.873. The fourth-order valence-electron chi connectivity index (χ4n) is 1.56. The number of aliphatic hydroxyl groups is 1. The summed E-state index contributed by atoms with van der Waals surface area (Å²) in [6.45, 7) is -1.22. The molecule has 2 aromatic heterocycles. The lowest BCUT2D eigenvalue weighted by atomic mass is 10.4. The highest BCUT2D eigenvalue weighted by atomic mass is 35.5. The Hall–Kier alpha value is -1.36. The van der Waals surface area contributed by atoms with Crippen molar-refractivity contribution in [3.63, 3.8) is 0 Å². The summed E-state index contributed by atoms with van der Waals surface area (Å²) in [5.41, 5.74) is 0.222. The van der Waals surface area contributed by atoms with E-state index in [0.717, 1.165) is 4.40 Å². The van der Waals surface area contributed by atoms with E-state index in [1.165, 1.54) is 18.3 Å². The molecule has 21 heavy (non-hydrogen) atoms. The lowest BCUT2D eigenvalue weighted by molar-refractivity contribution is -0.200. The molecule has 2 aromatic rings. The summed E-state index contributed by atoms with van der Waals surface area (Å²) in [6.07, 6.45) is -6.39. The van der Waals surface area contributed by atoms with Gasteiger partial charge in [-0.25, -0.2) is 18.1 Å². The SMILES string of the molecule is O=S(=O)(NCC(O)C(F)(F)F)c1c(Cl)nc2ccccn12. The normalized spacial score (nSPS) is 14.5. The van der Waals surface area contributed by atoms with Crippen molar-refractivity contribution in [1.82, 2.24) is 14.1 Å². The molecule has 0 saturated carbocycles. The Labute approximate surface area is 122 Å². The van der Waals surface area contributed by atoms with Gasteiger partial charge in [-0.1, -0.05) is 17.7 Å². The third kappa shape index (κ3) is 3.28. The van der Waals surface area contributed by atoms with E-state index in [-0.39, 0.29) is 10.8 Å². The van der Waals surface area contributed by atoms with E-state index in [0.29, 0.717) is 0 Å². The van der Waals surface area contributed by atoms with Gasteiger partial charge in [0.2, 0.25) is 0 Å². The van der Waals surface area contributed by atoms with E-state index in [1.54, 1.807) is 10.8 Å². The highest BCUT2D eigenvalue weighted by Gasteiger charge is 2.39. The lowest BCUT2D eigenvalue weighted by Gasteiger charge is -2.15. The number of alkyl halides is 3. The Morgan fingerprint density at radius 2 is 2.10 bits per heavy atom. The van der Waals surface area contributed by atoms with Gasteiger partial charge >= 0.3 is 6.18 Å². The van der Waals surface area contributed by atoms with E-state index in [1.807, 2.05) is 0 Å². The van der Waals surface area contributed by atoms with Gasteiger partial charge in [-0.15, -0.1) is 0 Å². The van der Waals surface area contributed by atoms with Crippen molar-refractivity contribution in [3.8, 4) is 0 Å². The Morgan fingerprint density at radius 1 is 1.43 bits per heavy atom. The van der Waals surface area contributed by atoms with Gasteiger partial charge in [0, 0.05) is 12.7 Å². The molecular formula is C10H9ClF3N3O3S. The van der Waals surface area contributed by atoms with Crippen molar-refractivity contribution in [1.29, 1.82) is 0 Å². The van der Waals surface area contributed by atoms with Crippen molar-refractivity contribution in [2.45, 2.75) is 17.3 Å². The first-order valence-electron chi connectivity index (χ1n) is 5.50. The average molecular weight is 344 g/mol. The fourth-order valence-corrected chi connectivity index (χ4v) is 3.23. The van der Waals surface area contributed by atoms with Crippen LogP contribution in [0.25, 0.3) is 5.65 Å². The van der Waals surface area contributed by atoms with Crippen LogP contribution in [0.1, 0.15) is 0 Å². The smallest absolute Gasteiger partial charge is 0.382 e. The average Bonchev–Trinajstić information content (AvgIpc) is 2.71. The summed E-state index contributed by atoms with van der Waals surface area (Å²) in [6, 6.07) is 4.58. The van der Waals surface area contributed by atoms with Crippen LogP contribution in [0.5, 0.6) is 0 Å². The molecule has 0 aliphatic rings. The molecule has 0 radical (unpaired) electrons. The Bertz CT molecular complexity index is 760. The molecule has 0 aliphatic carbocycles. The van der Waals surface area contributed by atoms with Crippen molar-refractivity contribution in [2.75, 3.05) is 6.54 Å². The van der Waals surface area contributed by atoms with Gasteiger partial charge < -0.3 is 5.11 Å². The molecule has 116 valence electrons. The molecule has 1 unspecified atom stereocenters.